The Morgan fingerprint density at radius 3 is 2.44 bits per heavy atom. The fourth-order valence-corrected chi connectivity index (χ4v) is 2.10. The van der Waals surface area contributed by atoms with E-state index in [1.807, 2.05) is 11.9 Å². The average molecular weight is 277 g/mol. The molecule has 0 saturated heterocycles. The lowest BCUT2D eigenvalue weighted by atomic mass is 9.82. The fourth-order valence-electron chi connectivity index (χ4n) is 2.10. The molecule has 0 bridgehead atoms. The van der Waals surface area contributed by atoms with Gasteiger partial charge >= 0.3 is 0 Å². The van der Waals surface area contributed by atoms with Crippen LogP contribution in [0.5, 0.6) is 0 Å². The first-order valence-electron chi connectivity index (χ1n) is 7.00. The molecule has 1 fully saturated rings. The molecule has 0 heterocycles. The van der Waals surface area contributed by atoms with Gasteiger partial charge in [0.2, 0.25) is 5.91 Å². The van der Waals surface area contributed by atoms with E-state index in [2.05, 4.69) is 13.8 Å². The summed E-state index contributed by atoms with van der Waals surface area (Å²) in [7, 11) is 1.90. The van der Waals surface area contributed by atoms with Gasteiger partial charge in [-0.1, -0.05) is 33.1 Å². The zero-order chi connectivity index (χ0) is 12.8. The summed E-state index contributed by atoms with van der Waals surface area (Å²) < 4.78 is 0. The molecule has 1 rings (SSSR count). The number of carbonyl (C=O) groups excluding carboxylic acids is 1. The van der Waals surface area contributed by atoms with E-state index in [0.717, 1.165) is 31.7 Å². The minimum atomic E-state index is 0. The Bertz CT molecular complexity index is 242. The molecule has 1 atom stereocenters. The molecule has 0 radical (unpaired) electrons. The van der Waals surface area contributed by atoms with Crippen LogP contribution in [0.25, 0.3) is 0 Å². The van der Waals surface area contributed by atoms with Gasteiger partial charge in [-0.3, -0.25) is 4.79 Å². The van der Waals surface area contributed by atoms with Crippen molar-refractivity contribution in [3.63, 3.8) is 0 Å². The molecule has 1 aliphatic carbocycles. The minimum absolute atomic E-state index is 0. The van der Waals surface area contributed by atoms with Crippen molar-refractivity contribution in [2.75, 3.05) is 13.6 Å². The third-order valence-corrected chi connectivity index (χ3v) is 4.07. The van der Waals surface area contributed by atoms with Gasteiger partial charge in [-0.25, -0.2) is 0 Å². The molecule has 2 N–H and O–H groups in total. The summed E-state index contributed by atoms with van der Waals surface area (Å²) in [6, 6.07) is 0.205. The van der Waals surface area contributed by atoms with Crippen molar-refractivity contribution in [2.24, 2.45) is 17.6 Å². The lowest BCUT2D eigenvalue weighted by Gasteiger charge is -2.26. The van der Waals surface area contributed by atoms with Gasteiger partial charge < -0.3 is 10.6 Å². The summed E-state index contributed by atoms with van der Waals surface area (Å²) in [6.07, 6.45) is 6.73. The molecule has 4 heteroatoms. The van der Waals surface area contributed by atoms with Crippen LogP contribution in [0.2, 0.25) is 0 Å². The largest absolute Gasteiger partial charge is 0.346 e. The van der Waals surface area contributed by atoms with Gasteiger partial charge in [0.05, 0.1) is 0 Å². The van der Waals surface area contributed by atoms with Crippen molar-refractivity contribution >= 4 is 18.3 Å². The molecule has 3 nitrogen and oxygen atoms in total. The number of hydrogen-bond acceptors (Lipinski definition) is 2. The molecule has 1 unspecified atom stereocenters. The molecule has 1 amide bonds. The number of nitrogens with two attached hydrogens (primary N) is 1. The second-order valence-electron chi connectivity index (χ2n) is 5.85. The molecule has 0 aromatic heterocycles. The lowest BCUT2D eigenvalue weighted by Crippen LogP contribution is -2.34. The number of rotatable bonds is 7. The van der Waals surface area contributed by atoms with Crippen molar-refractivity contribution in [3.8, 4) is 0 Å². The second-order valence-corrected chi connectivity index (χ2v) is 5.85. The molecule has 1 aliphatic rings. The highest BCUT2D eigenvalue weighted by Crippen LogP contribution is 2.30. The monoisotopic (exact) mass is 276 g/mol. The van der Waals surface area contributed by atoms with E-state index >= 15 is 0 Å². The summed E-state index contributed by atoms with van der Waals surface area (Å²) in [4.78, 5) is 13.7. The normalized spacial score (nSPS) is 16.9. The van der Waals surface area contributed by atoms with Crippen LogP contribution in [0.4, 0.5) is 0 Å². The predicted octanol–water partition coefficient (Wildman–Crippen LogP) is 2.82. The maximum atomic E-state index is 11.9. The zero-order valence-corrected chi connectivity index (χ0v) is 12.8. The molecule has 0 aliphatic heterocycles. The summed E-state index contributed by atoms with van der Waals surface area (Å²) in [5.41, 5.74) is 5.98. The van der Waals surface area contributed by atoms with Crippen LogP contribution in [0, 0.1) is 11.8 Å². The first kappa shape index (κ1) is 17.7. The summed E-state index contributed by atoms with van der Waals surface area (Å²) >= 11 is 0. The Balaban J connectivity index is 0.00000289. The van der Waals surface area contributed by atoms with Gasteiger partial charge in [0.1, 0.15) is 0 Å². The third kappa shape index (κ3) is 6.05. The highest BCUT2D eigenvalue weighted by Gasteiger charge is 2.19. The Morgan fingerprint density at radius 1 is 1.39 bits per heavy atom. The van der Waals surface area contributed by atoms with E-state index in [1.54, 1.807) is 0 Å². The molecular formula is C14H29ClN2O. The summed E-state index contributed by atoms with van der Waals surface area (Å²) in [6.45, 7) is 5.05. The molecule has 1 saturated carbocycles. The van der Waals surface area contributed by atoms with E-state index < -0.39 is 0 Å². The summed E-state index contributed by atoms with van der Waals surface area (Å²) in [5, 5.41) is 0. The molecule has 0 aromatic carbocycles. The van der Waals surface area contributed by atoms with Gasteiger partial charge in [-0.05, 0) is 24.7 Å². The van der Waals surface area contributed by atoms with Gasteiger partial charge in [-0.15, -0.1) is 12.4 Å². The van der Waals surface area contributed by atoms with Crippen molar-refractivity contribution in [3.05, 3.63) is 0 Å². The van der Waals surface area contributed by atoms with Crippen LogP contribution in [-0.4, -0.2) is 30.4 Å². The van der Waals surface area contributed by atoms with E-state index in [1.165, 1.54) is 19.3 Å². The average Bonchev–Trinajstić information content (AvgIpc) is 2.22. The number of amides is 1. The quantitative estimate of drug-likeness (QED) is 0.777. The Kier molecular flexibility index (Phi) is 8.62. The van der Waals surface area contributed by atoms with Crippen LogP contribution in [0.15, 0.2) is 0 Å². The van der Waals surface area contributed by atoms with E-state index in [4.69, 9.17) is 5.73 Å². The molecular weight excluding hydrogens is 248 g/mol. The molecule has 108 valence electrons. The Labute approximate surface area is 118 Å². The Morgan fingerprint density at radius 2 is 2.00 bits per heavy atom. The first-order chi connectivity index (χ1) is 8.00. The maximum absolute atomic E-state index is 11.9. The standard InChI is InChI=1S/C14H28N2O.ClH/c1-11(2)13(15)9-10-16(3)14(17)8-7-12-5-4-6-12;/h11-13H,4-10,15H2,1-3H3;1H. The van der Waals surface area contributed by atoms with E-state index in [0.29, 0.717) is 5.92 Å². The number of carbonyl (C=O) groups is 1. The van der Waals surface area contributed by atoms with Crippen LogP contribution in [-0.2, 0) is 4.79 Å². The minimum Gasteiger partial charge on any atom is -0.346 e. The first-order valence-corrected chi connectivity index (χ1v) is 7.00. The molecule has 0 aromatic rings. The predicted molar refractivity (Wildman–Crippen MR) is 78.9 cm³/mol. The number of hydrogen-bond donors (Lipinski definition) is 1. The van der Waals surface area contributed by atoms with Gasteiger partial charge in [0.15, 0.2) is 0 Å². The second kappa shape index (κ2) is 8.76. The van der Waals surface area contributed by atoms with Crippen molar-refractivity contribution in [1.29, 1.82) is 0 Å². The zero-order valence-electron chi connectivity index (χ0n) is 12.0. The fraction of sp³-hybridized carbons (Fsp3) is 0.929. The molecule has 0 spiro atoms. The number of nitrogens with zero attached hydrogens (tertiary/aromatic N) is 1. The van der Waals surface area contributed by atoms with Crippen LogP contribution in [0.3, 0.4) is 0 Å². The van der Waals surface area contributed by atoms with E-state index in [9.17, 15) is 4.79 Å². The smallest absolute Gasteiger partial charge is 0.222 e. The van der Waals surface area contributed by atoms with Crippen LogP contribution in [0.1, 0.15) is 52.4 Å². The molecule has 18 heavy (non-hydrogen) atoms. The van der Waals surface area contributed by atoms with Gasteiger partial charge in [-0.2, -0.15) is 0 Å². The van der Waals surface area contributed by atoms with Gasteiger partial charge in [0.25, 0.3) is 0 Å². The van der Waals surface area contributed by atoms with Crippen molar-refractivity contribution < 1.29 is 4.79 Å². The maximum Gasteiger partial charge on any atom is 0.222 e. The topological polar surface area (TPSA) is 46.3 Å². The highest BCUT2D eigenvalue weighted by molar-refractivity contribution is 5.85. The Hall–Kier alpha value is -0.280. The summed E-state index contributed by atoms with van der Waals surface area (Å²) in [5.74, 6) is 1.60. The van der Waals surface area contributed by atoms with Crippen molar-refractivity contribution in [2.45, 2.75) is 58.4 Å². The number of halogens is 1. The lowest BCUT2D eigenvalue weighted by molar-refractivity contribution is -0.130. The third-order valence-electron chi connectivity index (χ3n) is 4.07. The van der Waals surface area contributed by atoms with E-state index in [-0.39, 0.29) is 24.4 Å². The van der Waals surface area contributed by atoms with Gasteiger partial charge in [0, 0.05) is 26.1 Å². The van der Waals surface area contributed by atoms with Crippen LogP contribution < -0.4 is 5.73 Å². The SMILES string of the molecule is CC(C)C(N)CCN(C)C(=O)CCC1CCC1.Cl. The highest BCUT2D eigenvalue weighted by atomic mass is 35.5. The van der Waals surface area contributed by atoms with Crippen LogP contribution >= 0.6 is 12.4 Å². The van der Waals surface area contributed by atoms with Crippen molar-refractivity contribution in [1.82, 2.24) is 4.90 Å².